The lowest BCUT2D eigenvalue weighted by Gasteiger charge is -2.17. The van der Waals surface area contributed by atoms with Crippen molar-refractivity contribution in [2.75, 3.05) is 6.61 Å². The van der Waals surface area contributed by atoms with Crippen molar-refractivity contribution in [1.82, 2.24) is 0 Å². The van der Waals surface area contributed by atoms with Crippen LogP contribution in [0.4, 0.5) is 0 Å². The number of benzene rings is 2. The van der Waals surface area contributed by atoms with Crippen LogP contribution in [0.2, 0.25) is 0 Å². The molecule has 0 aliphatic rings. The maximum Gasteiger partial charge on any atom is 0.311 e. The molecule has 0 radical (unpaired) electrons. The molecule has 33 heavy (non-hydrogen) atoms. The van der Waals surface area contributed by atoms with E-state index in [1.807, 2.05) is 24.3 Å². The first-order valence-electron chi connectivity index (χ1n) is 10.6. The van der Waals surface area contributed by atoms with Gasteiger partial charge in [-0.15, -0.1) is 13.2 Å². The molecular weight excluding hydrogens is 424 g/mol. The normalized spacial score (nSPS) is 10.3. The lowest BCUT2D eigenvalue weighted by atomic mass is 9.97. The third kappa shape index (κ3) is 8.29. The molecule has 2 aromatic rings. The summed E-state index contributed by atoms with van der Waals surface area (Å²) in [5.41, 5.74) is 3.19. The Morgan fingerprint density at radius 3 is 1.88 bits per heavy atom. The zero-order valence-electron chi connectivity index (χ0n) is 18.4. The summed E-state index contributed by atoms with van der Waals surface area (Å²) >= 11 is 0. The van der Waals surface area contributed by atoms with Gasteiger partial charge in [0.1, 0.15) is 11.5 Å². The van der Waals surface area contributed by atoms with Crippen LogP contribution in [0, 0.1) is 0 Å². The highest BCUT2D eigenvalue weighted by molar-refractivity contribution is 5.83. The van der Waals surface area contributed by atoms with Gasteiger partial charge in [0.05, 0.1) is 19.4 Å². The summed E-state index contributed by atoms with van der Waals surface area (Å²) < 4.78 is 11.4. The number of carbonyl (C=O) groups is 3. The topological polar surface area (TPSA) is 110 Å². The number of rotatable bonds is 14. The SMILES string of the molecule is C=CCc1ccc(OCCCC(=O)O)c(-c2cc(CC=C)ccc2OC(=O)CCC(=O)O)c1. The number of esters is 1. The lowest BCUT2D eigenvalue weighted by molar-refractivity contribution is -0.142. The van der Waals surface area contributed by atoms with Crippen molar-refractivity contribution in [1.29, 1.82) is 0 Å². The van der Waals surface area contributed by atoms with E-state index in [0.29, 0.717) is 36.1 Å². The summed E-state index contributed by atoms with van der Waals surface area (Å²) in [5, 5.41) is 17.7. The fourth-order valence-electron chi connectivity index (χ4n) is 3.17. The highest BCUT2D eigenvalue weighted by atomic mass is 16.5. The van der Waals surface area contributed by atoms with Crippen LogP contribution in [0.1, 0.15) is 36.8 Å². The Bertz CT molecular complexity index is 1020. The number of allylic oxidation sites excluding steroid dienone is 2. The average Bonchev–Trinajstić information content (AvgIpc) is 2.77. The van der Waals surface area contributed by atoms with Gasteiger partial charge >= 0.3 is 17.9 Å². The lowest BCUT2D eigenvalue weighted by Crippen LogP contribution is -2.11. The van der Waals surface area contributed by atoms with Gasteiger partial charge < -0.3 is 19.7 Å². The second-order valence-corrected chi connectivity index (χ2v) is 7.36. The predicted molar refractivity (Wildman–Crippen MR) is 125 cm³/mol. The van der Waals surface area contributed by atoms with E-state index in [9.17, 15) is 14.4 Å². The van der Waals surface area contributed by atoms with Gasteiger partial charge in [0.2, 0.25) is 0 Å². The highest BCUT2D eigenvalue weighted by Crippen LogP contribution is 2.38. The van der Waals surface area contributed by atoms with Gasteiger partial charge in [-0.25, -0.2) is 0 Å². The molecule has 0 saturated heterocycles. The maximum absolute atomic E-state index is 12.2. The molecule has 0 atom stereocenters. The number of carboxylic acids is 2. The maximum atomic E-state index is 12.2. The second kappa shape index (κ2) is 12.9. The molecule has 0 aliphatic heterocycles. The Balaban J connectivity index is 2.46. The van der Waals surface area contributed by atoms with E-state index in [1.165, 1.54) is 0 Å². The van der Waals surface area contributed by atoms with E-state index in [4.69, 9.17) is 19.7 Å². The van der Waals surface area contributed by atoms with Crippen molar-refractivity contribution in [3.63, 3.8) is 0 Å². The van der Waals surface area contributed by atoms with Gasteiger partial charge in [-0.1, -0.05) is 24.3 Å². The molecule has 2 N–H and O–H groups in total. The van der Waals surface area contributed by atoms with Crippen molar-refractivity contribution < 1.29 is 34.1 Å². The van der Waals surface area contributed by atoms with Crippen LogP contribution in [-0.2, 0) is 27.2 Å². The van der Waals surface area contributed by atoms with Gasteiger partial charge in [-0.05, 0) is 54.7 Å². The molecule has 0 heterocycles. The smallest absolute Gasteiger partial charge is 0.311 e. The second-order valence-electron chi connectivity index (χ2n) is 7.36. The number of carbonyl (C=O) groups excluding carboxylic acids is 1. The van der Waals surface area contributed by atoms with Crippen molar-refractivity contribution in [2.45, 2.75) is 38.5 Å². The molecule has 2 rings (SSSR count). The summed E-state index contributed by atoms with van der Waals surface area (Å²) in [7, 11) is 0. The Kier molecular flexibility index (Phi) is 9.89. The minimum absolute atomic E-state index is 0.00879. The van der Waals surface area contributed by atoms with Crippen LogP contribution < -0.4 is 9.47 Å². The zero-order valence-corrected chi connectivity index (χ0v) is 18.4. The van der Waals surface area contributed by atoms with E-state index in [-0.39, 0.29) is 31.6 Å². The summed E-state index contributed by atoms with van der Waals surface area (Å²) in [6.45, 7) is 7.75. The van der Waals surface area contributed by atoms with E-state index < -0.39 is 17.9 Å². The van der Waals surface area contributed by atoms with Crippen molar-refractivity contribution in [3.8, 4) is 22.6 Å². The molecule has 0 aliphatic carbocycles. The van der Waals surface area contributed by atoms with Crippen LogP contribution in [0.3, 0.4) is 0 Å². The molecule has 0 bridgehead atoms. The minimum Gasteiger partial charge on any atom is -0.493 e. The molecule has 2 aromatic carbocycles. The highest BCUT2D eigenvalue weighted by Gasteiger charge is 2.17. The summed E-state index contributed by atoms with van der Waals surface area (Å²) in [6, 6.07) is 11.0. The monoisotopic (exact) mass is 452 g/mol. The Labute approximate surface area is 193 Å². The molecule has 7 heteroatoms. The molecule has 7 nitrogen and oxygen atoms in total. The molecule has 0 unspecified atom stereocenters. The standard InChI is InChI=1S/C26H28O7/c1-3-6-18-9-11-22(32-15-5-8-24(27)28)20(16-18)21-17-19(7-4-2)10-12-23(21)33-26(31)14-13-25(29)30/h3-4,9-12,16-17H,1-2,5-8,13-15H2,(H,27,28)(H,29,30). The molecular formula is C26H28O7. The number of carboxylic acid groups (broad SMARTS) is 2. The number of hydrogen-bond donors (Lipinski definition) is 2. The third-order valence-corrected chi connectivity index (χ3v) is 4.70. The Morgan fingerprint density at radius 1 is 0.788 bits per heavy atom. The number of hydrogen-bond acceptors (Lipinski definition) is 5. The van der Waals surface area contributed by atoms with Crippen LogP contribution in [0.15, 0.2) is 61.7 Å². The van der Waals surface area contributed by atoms with Crippen molar-refractivity contribution >= 4 is 17.9 Å². The average molecular weight is 453 g/mol. The first kappa shape index (κ1) is 25.4. The largest absolute Gasteiger partial charge is 0.493 e. The van der Waals surface area contributed by atoms with Crippen LogP contribution >= 0.6 is 0 Å². The van der Waals surface area contributed by atoms with Crippen LogP contribution in [-0.4, -0.2) is 34.7 Å². The molecule has 0 fully saturated rings. The minimum atomic E-state index is -1.08. The van der Waals surface area contributed by atoms with Gasteiger partial charge in [-0.2, -0.15) is 0 Å². The number of ether oxygens (including phenoxy) is 2. The van der Waals surface area contributed by atoms with E-state index in [1.54, 1.807) is 24.3 Å². The van der Waals surface area contributed by atoms with E-state index in [2.05, 4.69) is 13.2 Å². The van der Waals surface area contributed by atoms with Gasteiger partial charge in [0.15, 0.2) is 0 Å². The third-order valence-electron chi connectivity index (χ3n) is 4.70. The zero-order chi connectivity index (χ0) is 24.2. The summed E-state index contributed by atoms with van der Waals surface area (Å²) in [4.78, 5) is 33.8. The van der Waals surface area contributed by atoms with E-state index >= 15 is 0 Å². The molecule has 0 spiro atoms. The fourth-order valence-corrected chi connectivity index (χ4v) is 3.17. The van der Waals surface area contributed by atoms with Crippen molar-refractivity contribution in [3.05, 3.63) is 72.8 Å². The van der Waals surface area contributed by atoms with Crippen molar-refractivity contribution in [2.24, 2.45) is 0 Å². The number of aliphatic carboxylic acids is 2. The van der Waals surface area contributed by atoms with Gasteiger partial charge in [-0.3, -0.25) is 14.4 Å². The fraction of sp³-hybridized carbons (Fsp3) is 0.269. The predicted octanol–water partition coefficient (Wildman–Crippen LogP) is 4.82. The quantitative estimate of drug-likeness (QED) is 0.183. The van der Waals surface area contributed by atoms with Gasteiger partial charge in [0.25, 0.3) is 0 Å². The summed E-state index contributed by atoms with van der Waals surface area (Å²) in [5.74, 6) is -1.83. The first-order chi connectivity index (χ1) is 15.8. The summed E-state index contributed by atoms with van der Waals surface area (Å²) in [6.07, 6.45) is 4.51. The molecule has 0 saturated carbocycles. The van der Waals surface area contributed by atoms with Gasteiger partial charge in [0, 0.05) is 17.5 Å². The molecule has 0 aromatic heterocycles. The first-order valence-corrected chi connectivity index (χ1v) is 10.6. The molecule has 0 amide bonds. The molecule has 174 valence electrons. The van der Waals surface area contributed by atoms with E-state index in [0.717, 1.165) is 11.1 Å². The van der Waals surface area contributed by atoms with Crippen LogP contribution in [0.25, 0.3) is 11.1 Å². The Morgan fingerprint density at radius 2 is 1.33 bits per heavy atom. The Hall–Kier alpha value is -3.87. The van der Waals surface area contributed by atoms with Crippen LogP contribution in [0.5, 0.6) is 11.5 Å².